The van der Waals surface area contributed by atoms with Crippen LogP contribution in [0.3, 0.4) is 0 Å². The van der Waals surface area contributed by atoms with Crippen LogP contribution >= 0.6 is 7.82 Å². The summed E-state index contributed by atoms with van der Waals surface area (Å²) in [6.45, 7) is 2.52. The first kappa shape index (κ1) is 88.0. The van der Waals surface area contributed by atoms with Gasteiger partial charge in [-0.25, -0.2) is 4.57 Å². The van der Waals surface area contributed by atoms with Crippen molar-refractivity contribution in [2.75, 3.05) is 59.3 Å². The SMILES string of the molecule is CCCCCCCC/C=C\CCCCCCCC(=O)O[C@H](COC(=O)C(/C=C\CCCCCCCC)CCCCCC)COP(=O)(O)OCCNC(=O)CCCCC(=O)NCCCO[C@@H]1OC(CO)[C@@H](O[C@@H]2OC(CO)[C@H](O[C@H]3OC(CO)[C@H](O)[C@H](O)C3O)[C@H](O)C2O)[C@H](O)C1O. The zero-order valence-corrected chi connectivity index (χ0v) is 58.8. The van der Waals surface area contributed by atoms with Crippen LogP contribution in [0, 0.1) is 5.92 Å². The number of aliphatic hydroxyl groups is 10. The van der Waals surface area contributed by atoms with Crippen molar-refractivity contribution in [3.05, 3.63) is 24.3 Å². The van der Waals surface area contributed by atoms with E-state index in [1.807, 2.05) is 12.2 Å². The molecular weight excluding hydrogens is 1290 g/mol. The third-order valence-corrected chi connectivity index (χ3v) is 18.3. The van der Waals surface area contributed by atoms with Crippen molar-refractivity contribution in [1.82, 2.24) is 10.6 Å². The van der Waals surface area contributed by atoms with Gasteiger partial charge in [0, 0.05) is 32.4 Å². The van der Waals surface area contributed by atoms with Crippen molar-refractivity contribution in [2.45, 2.75) is 318 Å². The number of esters is 2. The normalized spacial score (nSPS) is 27.4. The molecule has 3 aliphatic rings. The molecular formula is C68H123N2O26P. The molecule has 0 radical (unpaired) electrons. The van der Waals surface area contributed by atoms with Gasteiger partial charge in [-0.15, -0.1) is 0 Å². The van der Waals surface area contributed by atoms with Gasteiger partial charge < -0.3 is 104 Å². The van der Waals surface area contributed by atoms with Gasteiger partial charge in [0.25, 0.3) is 0 Å². The zero-order valence-electron chi connectivity index (χ0n) is 57.9. The Labute approximate surface area is 574 Å². The van der Waals surface area contributed by atoms with Gasteiger partial charge in [0.15, 0.2) is 25.0 Å². The van der Waals surface area contributed by atoms with Gasteiger partial charge in [0.1, 0.15) is 79.9 Å². The Hall–Kier alpha value is -3.17. The Bertz CT molecular complexity index is 2180. The van der Waals surface area contributed by atoms with E-state index >= 15 is 0 Å². The number of carbonyl (C=O) groups is 4. The van der Waals surface area contributed by atoms with Crippen LogP contribution in [-0.4, -0.2) is 237 Å². The zero-order chi connectivity index (χ0) is 71.2. The van der Waals surface area contributed by atoms with Crippen LogP contribution in [0.25, 0.3) is 0 Å². The van der Waals surface area contributed by atoms with E-state index in [0.29, 0.717) is 25.7 Å². The average Bonchev–Trinajstić information content (AvgIpc) is 0.798. The second kappa shape index (κ2) is 52.7. The second-order valence-corrected chi connectivity index (χ2v) is 27.0. The quantitative estimate of drug-likeness (QED) is 0.0162. The van der Waals surface area contributed by atoms with Gasteiger partial charge in [-0.05, 0) is 70.6 Å². The van der Waals surface area contributed by atoms with E-state index < -0.39 is 169 Å². The molecule has 0 spiro atoms. The molecule has 0 aliphatic carbocycles. The monoisotopic (exact) mass is 1410 g/mol. The molecule has 0 aromatic carbocycles. The van der Waals surface area contributed by atoms with Crippen molar-refractivity contribution in [3.63, 3.8) is 0 Å². The number of phosphoric ester groups is 1. The molecule has 13 N–H and O–H groups in total. The lowest BCUT2D eigenvalue weighted by molar-refractivity contribution is -0.379. The average molecular weight is 1420 g/mol. The largest absolute Gasteiger partial charge is 0.472 e. The number of hydrogen-bond donors (Lipinski definition) is 13. The van der Waals surface area contributed by atoms with Crippen LogP contribution in [0.1, 0.15) is 220 Å². The molecule has 3 saturated heterocycles. The molecule has 18 atom stereocenters. The van der Waals surface area contributed by atoms with Gasteiger partial charge in [-0.2, -0.15) is 0 Å². The molecule has 0 aromatic heterocycles. The summed E-state index contributed by atoms with van der Waals surface area (Å²) in [6, 6.07) is 0. The summed E-state index contributed by atoms with van der Waals surface area (Å²) in [7, 11) is -4.75. The summed E-state index contributed by atoms with van der Waals surface area (Å²) in [5.74, 6) is -2.27. The van der Waals surface area contributed by atoms with Gasteiger partial charge in [-0.3, -0.25) is 28.2 Å². The highest BCUT2D eigenvalue weighted by Gasteiger charge is 2.53. The molecule has 8 unspecified atom stereocenters. The van der Waals surface area contributed by atoms with Crippen molar-refractivity contribution in [1.29, 1.82) is 0 Å². The number of ether oxygens (including phenoxy) is 8. The molecule has 0 saturated carbocycles. The molecule has 0 aromatic rings. The summed E-state index contributed by atoms with van der Waals surface area (Å²) < 4.78 is 68.2. The van der Waals surface area contributed by atoms with Gasteiger partial charge in [0.05, 0.1) is 45.6 Å². The molecule has 29 heteroatoms. The Balaban J connectivity index is 1.38. The maximum absolute atomic E-state index is 13.6. The Kier molecular flexibility index (Phi) is 47.9. The van der Waals surface area contributed by atoms with Crippen LogP contribution in [-0.2, 0) is 70.7 Å². The number of nitrogens with one attached hydrogen (secondary N) is 2. The van der Waals surface area contributed by atoms with Crippen molar-refractivity contribution >= 4 is 31.6 Å². The molecule has 3 rings (SSSR count). The number of allylic oxidation sites excluding steroid dienone is 3. The van der Waals surface area contributed by atoms with Crippen LogP contribution < -0.4 is 10.6 Å². The number of carbonyl (C=O) groups excluding carboxylic acids is 4. The molecule has 2 amide bonds. The first-order chi connectivity index (χ1) is 46.7. The summed E-state index contributed by atoms with van der Waals surface area (Å²) >= 11 is 0. The summed E-state index contributed by atoms with van der Waals surface area (Å²) in [6.07, 6.45) is 9.33. The van der Waals surface area contributed by atoms with E-state index in [0.717, 1.165) is 83.5 Å². The highest BCUT2D eigenvalue weighted by molar-refractivity contribution is 7.47. The fourth-order valence-electron chi connectivity index (χ4n) is 11.4. The highest BCUT2D eigenvalue weighted by atomic mass is 31.2. The van der Waals surface area contributed by atoms with E-state index in [1.54, 1.807) is 0 Å². The van der Waals surface area contributed by atoms with Crippen LogP contribution in [0.4, 0.5) is 0 Å². The van der Waals surface area contributed by atoms with Crippen LogP contribution in [0.15, 0.2) is 24.3 Å². The Morgan fingerprint density at radius 3 is 1.47 bits per heavy atom. The fourth-order valence-corrected chi connectivity index (χ4v) is 12.1. The molecule has 28 nitrogen and oxygen atoms in total. The third kappa shape index (κ3) is 36.0. The molecule has 97 heavy (non-hydrogen) atoms. The predicted octanol–water partition coefficient (Wildman–Crippen LogP) is 5.15. The number of phosphoric acid groups is 1. The number of hydrogen-bond acceptors (Lipinski definition) is 25. The molecule has 3 heterocycles. The Morgan fingerprint density at radius 1 is 0.474 bits per heavy atom. The maximum Gasteiger partial charge on any atom is 0.472 e. The van der Waals surface area contributed by atoms with Crippen LogP contribution in [0.5, 0.6) is 0 Å². The van der Waals surface area contributed by atoms with E-state index in [4.69, 9.17) is 46.9 Å². The minimum Gasteiger partial charge on any atom is -0.461 e. The minimum absolute atomic E-state index is 0.0331. The van der Waals surface area contributed by atoms with E-state index in [9.17, 15) is 79.7 Å². The number of unbranched alkanes of at least 4 members (excludes halogenated alkanes) is 21. The maximum atomic E-state index is 13.6. The van der Waals surface area contributed by atoms with Gasteiger partial charge >= 0.3 is 19.8 Å². The second-order valence-electron chi connectivity index (χ2n) is 25.6. The standard InChI is InChI=1S/C68H123N2O26P/c1-4-7-10-13-15-17-18-19-20-21-22-23-25-27-30-38-55(76)91-49(46-88-65(84)48(34-28-12-9-6-3)35-29-26-24-16-14-11-8-5-2)47-90-97(85,86)89-42-40-70-54(75)37-32-31-36-53(74)69-39-33-41-87-66-61(82)58(79)63(51(44-72)93-66)96-68-62(83)59(80)64(52(45-73)94-68)95-67-60(81)57(78)56(77)50(43-71)92-67/h19-20,29,35,48-52,56-64,66-68,71-73,77-83H,4-18,21-28,30-34,36-47H2,1-3H3,(H,69,74)(H,70,75)(H,85,86)/b20-19-,35-29-/t48?,49-,50?,51?,52?,56+,57+,58-,59-,60?,61?,62?,63-,64+,66-,67-,68+/m1/s1. The van der Waals surface area contributed by atoms with Crippen molar-refractivity contribution in [2.24, 2.45) is 5.92 Å². The highest BCUT2D eigenvalue weighted by Crippen LogP contribution is 2.43. The number of rotatable bonds is 56. The van der Waals surface area contributed by atoms with Crippen molar-refractivity contribution < 1.29 is 127 Å². The van der Waals surface area contributed by atoms with Crippen LogP contribution in [0.2, 0.25) is 0 Å². The lowest BCUT2D eigenvalue weighted by atomic mass is 9.96. The summed E-state index contributed by atoms with van der Waals surface area (Å²) in [5, 5.41) is 110. The van der Waals surface area contributed by atoms with E-state index in [2.05, 4.69) is 43.6 Å². The van der Waals surface area contributed by atoms with E-state index in [1.165, 1.54) is 64.2 Å². The summed E-state index contributed by atoms with van der Waals surface area (Å²) in [4.78, 5) is 62.4. The molecule has 3 aliphatic heterocycles. The first-order valence-electron chi connectivity index (χ1n) is 36.1. The lowest BCUT2D eigenvalue weighted by Gasteiger charge is -2.48. The van der Waals surface area contributed by atoms with Gasteiger partial charge in [-0.1, -0.05) is 154 Å². The first-order valence-corrected chi connectivity index (χ1v) is 37.6. The molecule has 0 bridgehead atoms. The molecule has 566 valence electrons. The lowest BCUT2D eigenvalue weighted by Crippen LogP contribution is -2.66. The Morgan fingerprint density at radius 2 is 0.928 bits per heavy atom. The number of aliphatic hydroxyl groups excluding tert-OH is 10. The predicted molar refractivity (Wildman–Crippen MR) is 355 cm³/mol. The smallest absolute Gasteiger partial charge is 0.461 e. The minimum atomic E-state index is -4.75. The number of amides is 2. The molecule has 3 fully saturated rings. The van der Waals surface area contributed by atoms with Crippen molar-refractivity contribution in [3.8, 4) is 0 Å². The van der Waals surface area contributed by atoms with Gasteiger partial charge in [0.2, 0.25) is 11.8 Å². The summed E-state index contributed by atoms with van der Waals surface area (Å²) in [5.41, 5.74) is 0. The fraction of sp³-hybridized carbons (Fsp3) is 0.882. The van der Waals surface area contributed by atoms with E-state index in [-0.39, 0.29) is 51.3 Å². The topological polar surface area (TPSA) is 424 Å². The third-order valence-electron chi connectivity index (χ3n) is 17.3.